The van der Waals surface area contributed by atoms with Gasteiger partial charge in [0.1, 0.15) is 12.3 Å². The Labute approximate surface area is 143 Å². The number of carbonyl (C=O) groups is 1. The van der Waals surface area contributed by atoms with Crippen LogP contribution in [0.2, 0.25) is 0 Å². The van der Waals surface area contributed by atoms with Gasteiger partial charge in [0.25, 0.3) is 0 Å². The minimum atomic E-state index is -0.915. The molecule has 1 atom stereocenters. The Morgan fingerprint density at radius 2 is 2.12 bits per heavy atom. The summed E-state index contributed by atoms with van der Waals surface area (Å²) in [5, 5.41) is 3.77. The topological polar surface area (TPSA) is 61.6 Å². The molecule has 2 aromatic rings. The van der Waals surface area contributed by atoms with E-state index in [0.717, 1.165) is 38.2 Å². The largest absolute Gasteiger partial charge is 0.381 e. The molecule has 3 rings (SSSR count). The number of ether oxygens (including phenoxy) is 2. The van der Waals surface area contributed by atoms with Gasteiger partial charge in [0.05, 0.1) is 6.61 Å². The molecule has 1 aliphatic heterocycles. The molecule has 1 aromatic heterocycles. The molecule has 0 amide bonds. The van der Waals surface area contributed by atoms with Gasteiger partial charge in [-0.15, -0.1) is 0 Å². The van der Waals surface area contributed by atoms with Crippen LogP contribution in [-0.2, 0) is 22.7 Å². The number of Topliss-reactive ketones (excluding diaryl/α,β-unsaturated/α-hetero) is 1. The third-order valence-corrected chi connectivity index (χ3v) is 4.15. The molecule has 1 aliphatic rings. The zero-order valence-corrected chi connectivity index (χ0v) is 13.7. The first-order chi connectivity index (χ1) is 12.1. The number of benzene rings is 1. The van der Waals surface area contributed by atoms with Gasteiger partial charge < -0.3 is 14.0 Å². The smallest absolute Gasteiger partial charge is 0.184 e. The highest BCUT2D eigenvalue weighted by Crippen LogP contribution is 2.19. The van der Waals surface area contributed by atoms with Crippen molar-refractivity contribution < 1.29 is 27.6 Å². The molecule has 0 saturated carbocycles. The fourth-order valence-electron chi connectivity index (χ4n) is 2.69. The first-order valence-electron chi connectivity index (χ1n) is 8.20. The molecule has 134 valence electrons. The van der Waals surface area contributed by atoms with Crippen molar-refractivity contribution in [1.82, 2.24) is 5.16 Å². The highest BCUT2D eigenvalue weighted by Gasteiger charge is 2.19. The zero-order valence-electron chi connectivity index (χ0n) is 13.7. The van der Waals surface area contributed by atoms with E-state index in [1.165, 1.54) is 6.07 Å². The van der Waals surface area contributed by atoms with E-state index in [-0.39, 0.29) is 24.7 Å². The van der Waals surface area contributed by atoms with Gasteiger partial charge in [-0.3, -0.25) is 4.79 Å². The standard InChI is InChI=1S/C18H19F2NO4/c19-15-3-1-13(7-16(15)20)10-24-11-14-8-17(21-25-14)18(22)4-2-12-5-6-23-9-12/h1,3,7-8,12H,2,4-6,9-11H2. The van der Waals surface area contributed by atoms with Crippen molar-refractivity contribution in [2.75, 3.05) is 13.2 Å². The van der Waals surface area contributed by atoms with Crippen LogP contribution in [0, 0.1) is 17.6 Å². The van der Waals surface area contributed by atoms with Crippen molar-refractivity contribution in [3.63, 3.8) is 0 Å². The molecular formula is C18H19F2NO4. The van der Waals surface area contributed by atoms with Crippen LogP contribution in [0.1, 0.15) is 41.1 Å². The summed E-state index contributed by atoms with van der Waals surface area (Å²) in [6.45, 7) is 1.68. The lowest BCUT2D eigenvalue weighted by Crippen LogP contribution is -2.05. The van der Waals surface area contributed by atoms with Crippen molar-refractivity contribution in [3.8, 4) is 0 Å². The van der Waals surface area contributed by atoms with Crippen LogP contribution in [0.15, 0.2) is 28.8 Å². The molecule has 2 heterocycles. The van der Waals surface area contributed by atoms with Gasteiger partial charge in [-0.1, -0.05) is 11.2 Å². The molecule has 0 spiro atoms. The summed E-state index contributed by atoms with van der Waals surface area (Å²) in [4.78, 5) is 12.1. The predicted octanol–water partition coefficient (Wildman–Crippen LogP) is 3.67. The summed E-state index contributed by atoms with van der Waals surface area (Å²) in [6.07, 6.45) is 2.19. The van der Waals surface area contributed by atoms with Crippen LogP contribution >= 0.6 is 0 Å². The third-order valence-electron chi connectivity index (χ3n) is 4.15. The van der Waals surface area contributed by atoms with E-state index < -0.39 is 11.6 Å². The van der Waals surface area contributed by atoms with E-state index in [9.17, 15) is 13.6 Å². The summed E-state index contributed by atoms with van der Waals surface area (Å²) in [6, 6.07) is 5.13. The maximum atomic E-state index is 13.1. The number of carbonyl (C=O) groups excluding carboxylic acids is 1. The number of ketones is 1. The van der Waals surface area contributed by atoms with E-state index in [2.05, 4.69) is 5.16 Å². The van der Waals surface area contributed by atoms with Gasteiger partial charge in [0, 0.05) is 25.7 Å². The Morgan fingerprint density at radius 3 is 2.88 bits per heavy atom. The first-order valence-corrected chi connectivity index (χ1v) is 8.20. The van der Waals surface area contributed by atoms with Gasteiger partial charge in [-0.25, -0.2) is 8.78 Å². The number of nitrogens with zero attached hydrogens (tertiary/aromatic N) is 1. The molecule has 1 fully saturated rings. The van der Waals surface area contributed by atoms with Gasteiger partial charge in [0.2, 0.25) is 0 Å². The fraction of sp³-hybridized carbons (Fsp3) is 0.444. The molecule has 25 heavy (non-hydrogen) atoms. The number of hydrogen-bond donors (Lipinski definition) is 0. The quantitative estimate of drug-likeness (QED) is 0.679. The SMILES string of the molecule is O=C(CCC1CCOC1)c1cc(COCc2ccc(F)c(F)c2)on1. The highest BCUT2D eigenvalue weighted by molar-refractivity contribution is 5.94. The second kappa shape index (κ2) is 8.31. The summed E-state index contributed by atoms with van der Waals surface area (Å²) < 4.78 is 41.7. The predicted molar refractivity (Wildman–Crippen MR) is 83.8 cm³/mol. The van der Waals surface area contributed by atoms with E-state index >= 15 is 0 Å². The summed E-state index contributed by atoms with van der Waals surface area (Å²) in [5.74, 6) is -1.03. The maximum absolute atomic E-state index is 13.1. The summed E-state index contributed by atoms with van der Waals surface area (Å²) in [5.41, 5.74) is 0.791. The number of hydrogen-bond acceptors (Lipinski definition) is 5. The molecule has 7 heteroatoms. The van der Waals surface area contributed by atoms with Gasteiger partial charge >= 0.3 is 0 Å². The Morgan fingerprint density at radius 1 is 1.24 bits per heavy atom. The first kappa shape index (κ1) is 17.7. The Balaban J connectivity index is 1.44. The highest BCUT2D eigenvalue weighted by atomic mass is 19.2. The van der Waals surface area contributed by atoms with Crippen LogP contribution in [-0.4, -0.2) is 24.2 Å². The number of rotatable bonds is 8. The average molecular weight is 351 g/mol. The molecule has 0 radical (unpaired) electrons. The van der Waals surface area contributed by atoms with E-state index in [1.54, 1.807) is 6.07 Å². The lowest BCUT2D eigenvalue weighted by Gasteiger charge is -2.04. The van der Waals surface area contributed by atoms with E-state index in [0.29, 0.717) is 23.7 Å². The molecule has 1 aromatic carbocycles. The zero-order chi connectivity index (χ0) is 17.6. The summed E-state index contributed by atoms with van der Waals surface area (Å²) >= 11 is 0. The minimum absolute atomic E-state index is 0.0671. The molecule has 1 saturated heterocycles. The lowest BCUT2D eigenvalue weighted by molar-refractivity contribution is 0.0877. The Bertz CT molecular complexity index is 726. The van der Waals surface area contributed by atoms with Crippen molar-refractivity contribution in [2.24, 2.45) is 5.92 Å². The van der Waals surface area contributed by atoms with Crippen molar-refractivity contribution in [1.29, 1.82) is 0 Å². The second-order valence-electron chi connectivity index (χ2n) is 6.11. The van der Waals surface area contributed by atoms with Gasteiger partial charge in [-0.2, -0.15) is 0 Å². The molecular weight excluding hydrogens is 332 g/mol. The maximum Gasteiger partial charge on any atom is 0.184 e. The van der Waals surface area contributed by atoms with E-state index in [1.807, 2.05) is 0 Å². The van der Waals surface area contributed by atoms with Crippen LogP contribution in [0.5, 0.6) is 0 Å². The Hall–Kier alpha value is -2.12. The third kappa shape index (κ3) is 4.93. The number of halogens is 2. The van der Waals surface area contributed by atoms with Crippen LogP contribution < -0.4 is 0 Å². The molecule has 5 nitrogen and oxygen atoms in total. The number of aromatic nitrogens is 1. The van der Waals surface area contributed by atoms with Crippen LogP contribution in [0.25, 0.3) is 0 Å². The molecule has 0 aliphatic carbocycles. The Kier molecular flexibility index (Phi) is 5.88. The second-order valence-corrected chi connectivity index (χ2v) is 6.11. The molecule has 1 unspecified atom stereocenters. The van der Waals surface area contributed by atoms with Crippen molar-refractivity contribution in [3.05, 3.63) is 52.9 Å². The fourth-order valence-corrected chi connectivity index (χ4v) is 2.69. The van der Waals surface area contributed by atoms with Crippen molar-refractivity contribution >= 4 is 5.78 Å². The van der Waals surface area contributed by atoms with Crippen LogP contribution in [0.4, 0.5) is 8.78 Å². The lowest BCUT2D eigenvalue weighted by atomic mass is 10.00. The van der Waals surface area contributed by atoms with Gasteiger partial charge in [-0.05, 0) is 36.5 Å². The average Bonchev–Trinajstić information content (AvgIpc) is 3.28. The van der Waals surface area contributed by atoms with Crippen LogP contribution in [0.3, 0.4) is 0 Å². The van der Waals surface area contributed by atoms with Gasteiger partial charge in [0.15, 0.2) is 23.2 Å². The minimum Gasteiger partial charge on any atom is -0.381 e. The monoisotopic (exact) mass is 351 g/mol. The molecule has 0 bridgehead atoms. The van der Waals surface area contributed by atoms with E-state index in [4.69, 9.17) is 14.0 Å². The van der Waals surface area contributed by atoms with Crippen molar-refractivity contribution in [2.45, 2.75) is 32.5 Å². The molecule has 0 N–H and O–H groups in total. The normalized spacial score (nSPS) is 17.1. The summed E-state index contributed by atoms with van der Waals surface area (Å²) in [7, 11) is 0.